The van der Waals surface area contributed by atoms with E-state index >= 15 is 0 Å². The zero-order chi connectivity index (χ0) is 21.7. The normalized spacial score (nSPS) is 16.2. The first kappa shape index (κ1) is 27.4. The summed E-state index contributed by atoms with van der Waals surface area (Å²) in [5.74, 6) is 0. The number of hydrogen-bond donors (Lipinski definition) is 0. The van der Waals surface area contributed by atoms with Crippen molar-refractivity contribution in [2.75, 3.05) is 13.1 Å². The van der Waals surface area contributed by atoms with Crippen LogP contribution >= 0.6 is 0 Å². The Morgan fingerprint density at radius 1 is 0.433 bits per heavy atom. The summed E-state index contributed by atoms with van der Waals surface area (Å²) in [6.45, 7) is 9.43. The van der Waals surface area contributed by atoms with Gasteiger partial charge in [-0.25, -0.2) is 0 Å². The Morgan fingerprint density at radius 2 is 0.767 bits per heavy atom. The molecule has 0 aromatic carbocycles. The summed E-state index contributed by atoms with van der Waals surface area (Å²) in [6, 6.07) is 0. The predicted molar refractivity (Wildman–Crippen MR) is 136 cm³/mol. The highest BCUT2D eigenvalue weighted by Gasteiger charge is 2.24. The summed E-state index contributed by atoms with van der Waals surface area (Å²) >= 11 is 0. The first-order chi connectivity index (χ1) is 14.8. The van der Waals surface area contributed by atoms with Crippen LogP contribution in [0.25, 0.3) is 0 Å². The van der Waals surface area contributed by atoms with Crippen molar-refractivity contribution in [1.29, 1.82) is 0 Å². The molecule has 0 saturated carbocycles. The van der Waals surface area contributed by atoms with Crippen molar-refractivity contribution in [3.63, 3.8) is 0 Å². The molecule has 178 valence electrons. The molecule has 1 aliphatic rings. The van der Waals surface area contributed by atoms with Crippen LogP contribution in [0.3, 0.4) is 0 Å². The fraction of sp³-hybridized carbons (Fsp3) is 0.929. The highest BCUT2D eigenvalue weighted by atomic mass is 15.4. The average Bonchev–Trinajstić information content (AvgIpc) is 3.13. The van der Waals surface area contributed by atoms with Crippen molar-refractivity contribution in [1.82, 2.24) is 9.80 Å². The second kappa shape index (κ2) is 20.3. The maximum Gasteiger partial charge on any atom is 0.101 e. The van der Waals surface area contributed by atoms with Crippen molar-refractivity contribution in [2.45, 2.75) is 155 Å². The lowest BCUT2D eigenvalue weighted by atomic mass is 10.1. The van der Waals surface area contributed by atoms with Crippen molar-refractivity contribution >= 4 is 0 Å². The zero-order valence-electron chi connectivity index (χ0n) is 21.2. The summed E-state index contributed by atoms with van der Waals surface area (Å²) in [5.41, 5.74) is 0. The first-order valence-electron chi connectivity index (χ1n) is 14.0. The van der Waals surface area contributed by atoms with E-state index in [1.165, 1.54) is 142 Å². The van der Waals surface area contributed by atoms with E-state index < -0.39 is 0 Å². The van der Waals surface area contributed by atoms with Crippen LogP contribution in [0.2, 0.25) is 0 Å². The van der Waals surface area contributed by atoms with Gasteiger partial charge in [0, 0.05) is 25.5 Å². The second-order valence-electron chi connectivity index (χ2n) is 9.70. The van der Waals surface area contributed by atoms with Crippen molar-refractivity contribution < 1.29 is 0 Å². The van der Waals surface area contributed by atoms with Gasteiger partial charge in [0.2, 0.25) is 0 Å². The summed E-state index contributed by atoms with van der Waals surface area (Å²) < 4.78 is 0. The standard InChI is InChI=1S/C28H56N2/c1-4-7-10-12-13-14-15-16-17-19-22-25-30-27-26-29(24-21-9-6-3)28(30)23-20-18-11-8-5-2/h26-28H,4-25H2,1-3H3. The van der Waals surface area contributed by atoms with Gasteiger partial charge in [-0.1, -0.05) is 124 Å². The van der Waals surface area contributed by atoms with E-state index in [-0.39, 0.29) is 0 Å². The lowest BCUT2D eigenvalue weighted by molar-refractivity contribution is 0.135. The third kappa shape index (κ3) is 13.6. The van der Waals surface area contributed by atoms with Gasteiger partial charge in [-0.15, -0.1) is 0 Å². The molecule has 0 aromatic heterocycles. The fourth-order valence-electron chi connectivity index (χ4n) is 4.77. The third-order valence-corrected chi connectivity index (χ3v) is 6.82. The topological polar surface area (TPSA) is 6.48 Å². The van der Waals surface area contributed by atoms with Crippen molar-refractivity contribution in [3.8, 4) is 0 Å². The molecule has 0 amide bonds. The molecule has 0 spiro atoms. The largest absolute Gasteiger partial charge is 0.356 e. The molecule has 0 radical (unpaired) electrons. The van der Waals surface area contributed by atoms with Crippen LogP contribution < -0.4 is 0 Å². The zero-order valence-corrected chi connectivity index (χ0v) is 21.2. The van der Waals surface area contributed by atoms with E-state index in [1.54, 1.807) is 0 Å². The van der Waals surface area contributed by atoms with Gasteiger partial charge in [0.15, 0.2) is 0 Å². The molecular formula is C28H56N2. The Balaban J connectivity index is 2.16. The Hall–Kier alpha value is -0.660. The molecule has 1 aliphatic heterocycles. The van der Waals surface area contributed by atoms with Crippen LogP contribution in [0.4, 0.5) is 0 Å². The maximum atomic E-state index is 2.67. The Kier molecular flexibility index (Phi) is 18.5. The van der Waals surface area contributed by atoms with Crippen LogP contribution in [0, 0.1) is 0 Å². The SMILES string of the molecule is CCCCCCCCCCCCCN1C=CN(CCCCC)C1CCCCCCC. The molecule has 30 heavy (non-hydrogen) atoms. The summed E-state index contributed by atoms with van der Waals surface area (Å²) in [4.78, 5) is 5.31. The number of rotatable bonds is 22. The number of unbranched alkanes of at least 4 members (excludes halogenated alkanes) is 16. The molecule has 1 rings (SSSR count). The van der Waals surface area contributed by atoms with E-state index in [1.807, 2.05) is 0 Å². The van der Waals surface area contributed by atoms with E-state index in [0.717, 1.165) is 0 Å². The van der Waals surface area contributed by atoms with Crippen LogP contribution in [0.15, 0.2) is 12.4 Å². The van der Waals surface area contributed by atoms with Crippen LogP contribution in [0.1, 0.15) is 149 Å². The van der Waals surface area contributed by atoms with Crippen molar-refractivity contribution in [3.05, 3.63) is 12.4 Å². The van der Waals surface area contributed by atoms with Crippen LogP contribution in [-0.2, 0) is 0 Å². The second-order valence-corrected chi connectivity index (χ2v) is 9.70. The first-order valence-corrected chi connectivity index (χ1v) is 14.0. The van der Waals surface area contributed by atoms with Gasteiger partial charge in [-0.05, 0) is 25.7 Å². The summed E-state index contributed by atoms with van der Waals surface area (Å²) in [5, 5.41) is 0. The molecule has 0 aromatic rings. The quantitative estimate of drug-likeness (QED) is 0.161. The van der Waals surface area contributed by atoms with E-state index in [9.17, 15) is 0 Å². The van der Waals surface area contributed by atoms with Gasteiger partial charge in [0.25, 0.3) is 0 Å². The molecule has 0 fully saturated rings. The predicted octanol–water partition coefficient (Wildman–Crippen LogP) is 9.26. The minimum absolute atomic E-state index is 0.645. The lowest BCUT2D eigenvalue weighted by Gasteiger charge is -2.33. The van der Waals surface area contributed by atoms with Crippen LogP contribution in [-0.4, -0.2) is 29.1 Å². The minimum Gasteiger partial charge on any atom is -0.356 e. The Bertz CT molecular complexity index is 379. The molecule has 1 unspecified atom stereocenters. The smallest absolute Gasteiger partial charge is 0.101 e. The molecule has 2 heteroatoms. The van der Waals surface area contributed by atoms with Crippen LogP contribution in [0.5, 0.6) is 0 Å². The van der Waals surface area contributed by atoms with E-state index in [0.29, 0.717) is 6.17 Å². The molecule has 0 saturated heterocycles. The summed E-state index contributed by atoms with van der Waals surface area (Å²) in [7, 11) is 0. The number of nitrogens with zero attached hydrogens (tertiary/aromatic N) is 2. The monoisotopic (exact) mass is 420 g/mol. The third-order valence-electron chi connectivity index (χ3n) is 6.82. The van der Waals surface area contributed by atoms with Gasteiger partial charge >= 0.3 is 0 Å². The van der Waals surface area contributed by atoms with Crippen molar-refractivity contribution in [2.24, 2.45) is 0 Å². The van der Waals surface area contributed by atoms with Gasteiger partial charge < -0.3 is 9.80 Å². The molecule has 0 bridgehead atoms. The van der Waals surface area contributed by atoms with E-state index in [4.69, 9.17) is 0 Å². The summed E-state index contributed by atoms with van der Waals surface area (Å²) in [6.07, 6.45) is 33.6. The van der Waals surface area contributed by atoms with E-state index in [2.05, 4.69) is 43.0 Å². The average molecular weight is 421 g/mol. The maximum absolute atomic E-state index is 2.67. The minimum atomic E-state index is 0.645. The molecule has 1 heterocycles. The van der Waals surface area contributed by atoms with Gasteiger partial charge in [0.05, 0.1) is 0 Å². The highest BCUT2D eigenvalue weighted by molar-refractivity contribution is 4.96. The van der Waals surface area contributed by atoms with Gasteiger partial charge in [-0.2, -0.15) is 0 Å². The molecule has 2 nitrogen and oxygen atoms in total. The lowest BCUT2D eigenvalue weighted by Crippen LogP contribution is -2.39. The fourth-order valence-corrected chi connectivity index (χ4v) is 4.77. The molecule has 0 aliphatic carbocycles. The molecule has 1 atom stereocenters. The Labute approximate surface area is 190 Å². The van der Waals surface area contributed by atoms with Gasteiger partial charge in [0.1, 0.15) is 6.17 Å². The Morgan fingerprint density at radius 3 is 1.23 bits per heavy atom. The molecule has 0 N–H and O–H groups in total. The highest BCUT2D eigenvalue weighted by Crippen LogP contribution is 2.23. The van der Waals surface area contributed by atoms with Gasteiger partial charge in [-0.3, -0.25) is 0 Å². The molecular weight excluding hydrogens is 364 g/mol. The number of hydrogen-bond acceptors (Lipinski definition) is 2.